The van der Waals surface area contributed by atoms with E-state index in [2.05, 4.69) is 15.4 Å². The number of halogens is 1. The van der Waals surface area contributed by atoms with Gasteiger partial charge in [-0.1, -0.05) is 24.3 Å². The molecule has 0 unspecified atom stereocenters. The van der Waals surface area contributed by atoms with Crippen LogP contribution in [0.3, 0.4) is 0 Å². The van der Waals surface area contributed by atoms with E-state index in [4.69, 9.17) is 15.5 Å². The van der Waals surface area contributed by atoms with Gasteiger partial charge < -0.3 is 20.9 Å². The number of carboxylic acids is 1. The average molecular weight is 545 g/mol. The van der Waals surface area contributed by atoms with Gasteiger partial charge in [-0.05, 0) is 62.3 Å². The first-order valence-corrected chi connectivity index (χ1v) is 13.2. The summed E-state index contributed by atoms with van der Waals surface area (Å²) in [6.07, 6.45) is 5.48. The van der Waals surface area contributed by atoms with E-state index in [1.165, 1.54) is 25.6 Å². The van der Waals surface area contributed by atoms with Crippen molar-refractivity contribution in [1.82, 2.24) is 24.9 Å². The minimum Gasteiger partial charge on any atom is -0.496 e. The van der Waals surface area contributed by atoms with Crippen LogP contribution in [0.1, 0.15) is 60.3 Å². The van der Waals surface area contributed by atoms with Crippen molar-refractivity contribution in [2.45, 2.75) is 50.5 Å². The van der Waals surface area contributed by atoms with Crippen LogP contribution >= 0.6 is 0 Å². The largest absolute Gasteiger partial charge is 0.496 e. The smallest absolute Gasteiger partial charge is 0.309 e. The zero-order valence-electron chi connectivity index (χ0n) is 22.0. The number of hydrogen-bond donors (Lipinski definition) is 3. The SMILES string of the molecule is COc1ccc(F)cc1C(=O)NCc1ccc(-c2nc(C34CCC(C(=O)O)(CC3)CC4)n3ncnc(N)c23)cc1. The highest BCUT2D eigenvalue weighted by Gasteiger charge is 2.55. The number of carbonyl (C=O) groups is 2. The molecular formula is C29H29FN6O4. The summed E-state index contributed by atoms with van der Waals surface area (Å²) in [5, 5.41) is 17.1. The van der Waals surface area contributed by atoms with Gasteiger partial charge in [0.05, 0.1) is 18.1 Å². The Hall–Kier alpha value is -4.54. The molecule has 4 aromatic rings. The number of benzene rings is 2. The third-order valence-electron chi connectivity index (χ3n) is 8.72. The minimum atomic E-state index is -0.701. The number of methoxy groups -OCH3 is 1. The molecule has 2 heterocycles. The number of nitrogens with zero attached hydrogens (tertiary/aromatic N) is 4. The van der Waals surface area contributed by atoms with E-state index in [0.717, 1.165) is 42.3 Å². The molecule has 2 aromatic carbocycles. The number of ether oxygens (including phenoxy) is 1. The number of anilines is 1. The maximum absolute atomic E-state index is 13.7. The van der Waals surface area contributed by atoms with Crippen LogP contribution in [0.4, 0.5) is 10.2 Å². The van der Waals surface area contributed by atoms with Crippen LogP contribution in [-0.2, 0) is 16.8 Å². The summed E-state index contributed by atoms with van der Waals surface area (Å²) in [7, 11) is 1.43. The van der Waals surface area contributed by atoms with Crippen molar-refractivity contribution in [2.24, 2.45) is 5.41 Å². The molecule has 40 heavy (non-hydrogen) atoms. The maximum atomic E-state index is 13.7. The molecule has 0 atom stereocenters. The van der Waals surface area contributed by atoms with E-state index >= 15 is 0 Å². The number of imidazole rings is 1. The van der Waals surface area contributed by atoms with E-state index in [1.807, 2.05) is 24.3 Å². The van der Waals surface area contributed by atoms with Crippen LogP contribution in [0.2, 0.25) is 0 Å². The summed E-state index contributed by atoms with van der Waals surface area (Å²) in [6, 6.07) is 11.4. The summed E-state index contributed by atoms with van der Waals surface area (Å²) < 4.78 is 20.6. The molecule has 11 heteroatoms. The van der Waals surface area contributed by atoms with Crippen LogP contribution in [0.25, 0.3) is 16.8 Å². The Bertz CT molecular complexity index is 1610. The summed E-state index contributed by atoms with van der Waals surface area (Å²) in [5.41, 5.74) is 8.47. The second-order valence-electron chi connectivity index (χ2n) is 10.8. The molecule has 2 aromatic heterocycles. The van der Waals surface area contributed by atoms with Crippen LogP contribution in [-0.4, -0.2) is 43.7 Å². The Balaban J connectivity index is 1.27. The lowest BCUT2D eigenvalue weighted by molar-refractivity contribution is -0.156. The summed E-state index contributed by atoms with van der Waals surface area (Å²) in [6.45, 7) is 0.230. The van der Waals surface area contributed by atoms with Gasteiger partial charge in [0.2, 0.25) is 0 Å². The first-order valence-electron chi connectivity index (χ1n) is 13.2. The van der Waals surface area contributed by atoms with Crippen LogP contribution in [0.15, 0.2) is 48.8 Å². The molecule has 3 aliphatic carbocycles. The zero-order valence-corrected chi connectivity index (χ0v) is 22.0. The molecule has 4 N–H and O–H groups in total. The highest BCUT2D eigenvalue weighted by molar-refractivity contribution is 5.97. The summed E-state index contributed by atoms with van der Waals surface area (Å²) in [4.78, 5) is 33.9. The van der Waals surface area contributed by atoms with Crippen LogP contribution in [0.5, 0.6) is 5.75 Å². The number of nitrogen functional groups attached to an aromatic ring is 1. The van der Waals surface area contributed by atoms with E-state index in [1.54, 1.807) is 4.52 Å². The molecule has 3 fully saturated rings. The standard InChI is InChI=1S/C29H29FN6O4/c1-40-21-7-6-19(30)14-20(21)25(37)32-15-17-2-4-18(5-3-17)22-23-24(31)33-16-34-36(23)26(35-22)28-8-11-29(12-9-28,13-10-28)27(38)39/h2-7,14,16H,8-13,15H2,1H3,(H,32,37)(H,38,39)(H2,31,33,34). The van der Waals surface area contributed by atoms with E-state index < -0.39 is 23.1 Å². The number of amides is 1. The van der Waals surface area contributed by atoms with Gasteiger partial charge in [0, 0.05) is 17.5 Å². The number of nitrogens with one attached hydrogen (secondary N) is 1. The quantitative estimate of drug-likeness (QED) is 0.315. The van der Waals surface area contributed by atoms with Gasteiger partial charge in [-0.2, -0.15) is 5.10 Å². The van der Waals surface area contributed by atoms with Crippen molar-refractivity contribution < 1.29 is 23.8 Å². The van der Waals surface area contributed by atoms with Gasteiger partial charge in [-0.15, -0.1) is 0 Å². The van der Waals surface area contributed by atoms with E-state index in [0.29, 0.717) is 42.0 Å². The fourth-order valence-corrected chi connectivity index (χ4v) is 6.26. The Morgan fingerprint density at radius 3 is 2.45 bits per heavy atom. The van der Waals surface area contributed by atoms with Gasteiger partial charge in [0.1, 0.15) is 34.9 Å². The number of fused-ring (bicyclic) bond motifs is 4. The Kier molecular flexibility index (Phi) is 6.16. The van der Waals surface area contributed by atoms with Crippen molar-refractivity contribution in [1.29, 1.82) is 0 Å². The predicted molar refractivity (Wildman–Crippen MR) is 144 cm³/mol. The van der Waals surface area contributed by atoms with E-state index in [-0.39, 0.29) is 17.5 Å². The van der Waals surface area contributed by atoms with Crippen LogP contribution < -0.4 is 15.8 Å². The molecule has 206 valence electrons. The van der Waals surface area contributed by atoms with Gasteiger partial charge in [0.15, 0.2) is 5.82 Å². The number of aromatic nitrogens is 4. The Labute approximate surface area is 229 Å². The number of aliphatic carboxylic acids is 1. The lowest BCUT2D eigenvalue weighted by Crippen LogP contribution is -2.48. The Morgan fingerprint density at radius 1 is 1.10 bits per heavy atom. The Morgan fingerprint density at radius 2 is 1.80 bits per heavy atom. The summed E-state index contributed by atoms with van der Waals surface area (Å²) >= 11 is 0. The van der Waals surface area contributed by atoms with Crippen molar-refractivity contribution in [3.8, 4) is 17.0 Å². The average Bonchev–Trinajstić information content (AvgIpc) is 3.39. The molecule has 0 spiro atoms. The van der Waals surface area contributed by atoms with E-state index in [9.17, 15) is 19.1 Å². The van der Waals surface area contributed by atoms with Gasteiger partial charge >= 0.3 is 5.97 Å². The maximum Gasteiger partial charge on any atom is 0.309 e. The highest BCUT2D eigenvalue weighted by Crippen LogP contribution is 2.58. The third kappa shape index (κ3) is 4.12. The number of rotatable bonds is 7. The number of nitrogens with two attached hydrogens (primary N) is 1. The lowest BCUT2D eigenvalue weighted by Gasteiger charge is -2.50. The lowest BCUT2D eigenvalue weighted by atomic mass is 9.53. The molecule has 0 saturated heterocycles. The normalized spacial score (nSPS) is 21.9. The zero-order chi connectivity index (χ0) is 28.1. The second-order valence-corrected chi connectivity index (χ2v) is 10.8. The molecule has 3 aliphatic rings. The molecule has 2 bridgehead atoms. The molecule has 10 nitrogen and oxygen atoms in total. The molecule has 1 amide bonds. The minimum absolute atomic E-state index is 0.122. The molecule has 0 radical (unpaired) electrons. The molecule has 7 rings (SSSR count). The summed E-state index contributed by atoms with van der Waals surface area (Å²) in [5.74, 6) is -0.265. The van der Waals surface area contributed by atoms with Gasteiger partial charge in [-0.25, -0.2) is 18.9 Å². The highest BCUT2D eigenvalue weighted by atomic mass is 19.1. The predicted octanol–water partition coefficient (Wildman–Crippen LogP) is 4.13. The molecule has 3 saturated carbocycles. The van der Waals surface area contributed by atoms with Gasteiger partial charge in [0.25, 0.3) is 5.91 Å². The van der Waals surface area contributed by atoms with Crippen molar-refractivity contribution in [3.63, 3.8) is 0 Å². The number of hydrogen-bond acceptors (Lipinski definition) is 7. The molecule has 0 aliphatic heterocycles. The van der Waals surface area contributed by atoms with Crippen molar-refractivity contribution >= 4 is 23.2 Å². The molecular weight excluding hydrogens is 515 g/mol. The number of carboxylic acid groups (broad SMARTS) is 1. The fraction of sp³-hybridized carbons (Fsp3) is 0.345. The fourth-order valence-electron chi connectivity index (χ4n) is 6.26. The van der Waals surface area contributed by atoms with Crippen molar-refractivity contribution in [3.05, 3.63) is 71.6 Å². The number of carbonyl (C=O) groups excluding carboxylic acids is 1. The van der Waals surface area contributed by atoms with Crippen LogP contribution in [0, 0.1) is 11.2 Å². The first-order chi connectivity index (χ1) is 19.2. The third-order valence-corrected chi connectivity index (χ3v) is 8.72. The topological polar surface area (TPSA) is 145 Å². The van der Waals surface area contributed by atoms with Crippen molar-refractivity contribution in [2.75, 3.05) is 12.8 Å². The first kappa shape index (κ1) is 25.7. The van der Waals surface area contributed by atoms with Gasteiger partial charge in [-0.3, -0.25) is 9.59 Å². The second kappa shape index (κ2) is 9.58. The monoisotopic (exact) mass is 544 g/mol.